The van der Waals surface area contributed by atoms with Crippen LogP contribution in [0.1, 0.15) is 37.3 Å². The standard InChI is InChI=1S/C24H27ClN2O3/c1-24(30,17-5-3-2-4-6-17)15-26-23(29)20-14-19-11-12-21(20)27(19)22(28)13-16-7-9-18(25)10-8-16/h2-10,19-21,30H,11-15H2,1H3,(H,26,29)/t19-,20?,21-,24-/m0/s1. The van der Waals surface area contributed by atoms with Crippen molar-refractivity contribution in [2.45, 2.75) is 50.3 Å². The van der Waals surface area contributed by atoms with Gasteiger partial charge in [-0.15, -0.1) is 0 Å². The molecule has 158 valence electrons. The number of hydrogen-bond donors (Lipinski definition) is 2. The van der Waals surface area contributed by atoms with Crippen molar-refractivity contribution in [1.82, 2.24) is 10.2 Å². The van der Waals surface area contributed by atoms with Crippen LogP contribution in [0.15, 0.2) is 54.6 Å². The summed E-state index contributed by atoms with van der Waals surface area (Å²) in [7, 11) is 0. The molecule has 1 unspecified atom stereocenters. The highest BCUT2D eigenvalue weighted by Gasteiger charge is 2.51. The van der Waals surface area contributed by atoms with Crippen LogP contribution in [0.3, 0.4) is 0 Å². The molecular formula is C24H27ClN2O3. The van der Waals surface area contributed by atoms with E-state index in [1.165, 1.54) is 0 Å². The number of carbonyl (C=O) groups is 2. The Morgan fingerprint density at radius 3 is 2.53 bits per heavy atom. The number of nitrogens with zero attached hydrogens (tertiary/aromatic N) is 1. The van der Waals surface area contributed by atoms with Crippen molar-refractivity contribution < 1.29 is 14.7 Å². The molecule has 5 nitrogen and oxygen atoms in total. The first-order valence-electron chi connectivity index (χ1n) is 10.5. The Hall–Kier alpha value is -2.37. The molecule has 2 aliphatic rings. The lowest BCUT2D eigenvalue weighted by Gasteiger charge is -2.27. The second-order valence-corrected chi connectivity index (χ2v) is 9.04. The van der Waals surface area contributed by atoms with Gasteiger partial charge in [0.15, 0.2) is 0 Å². The monoisotopic (exact) mass is 426 g/mol. The van der Waals surface area contributed by atoms with Crippen LogP contribution in [0.25, 0.3) is 0 Å². The second-order valence-electron chi connectivity index (χ2n) is 8.60. The van der Waals surface area contributed by atoms with Crippen LogP contribution < -0.4 is 5.32 Å². The summed E-state index contributed by atoms with van der Waals surface area (Å²) in [6.45, 7) is 1.84. The van der Waals surface area contributed by atoms with Gasteiger partial charge in [0.05, 0.1) is 18.9 Å². The number of aliphatic hydroxyl groups is 1. The molecule has 6 heteroatoms. The molecule has 4 atom stereocenters. The van der Waals surface area contributed by atoms with Crippen LogP contribution >= 0.6 is 11.6 Å². The van der Waals surface area contributed by atoms with Crippen molar-refractivity contribution in [3.63, 3.8) is 0 Å². The highest BCUT2D eigenvalue weighted by molar-refractivity contribution is 6.30. The molecule has 0 saturated carbocycles. The van der Waals surface area contributed by atoms with E-state index in [1.807, 2.05) is 47.4 Å². The molecule has 2 bridgehead atoms. The summed E-state index contributed by atoms with van der Waals surface area (Å²) in [5, 5.41) is 14.3. The van der Waals surface area contributed by atoms with Crippen LogP contribution in [0.4, 0.5) is 0 Å². The molecule has 2 saturated heterocycles. The molecule has 0 aromatic heterocycles. The second kappa shape index (κ2) is 8.40. The van der Waals surface area contributed by atoms with E-state index in [1.54, 1.807) is 19.1 Å². The molecule has 0 radical (unpaired) electrons. The summed E-state index contributed by atoms with van der Waals surface area (Å²) in [6, 6.07) is 16.7. The molecule has 2 aliphatic heterocycles. The molecule has 0 spiro atoms. The minimum Gasteiger partial charge on any atom is -0.384 e. The van der Waals surface area contributed by atoms with Crippen LogP contribution in [0.2, 0.25) is 5.02 Å². The van der Waals surface area contributed by atoms with E-state index in [9.17, 15) is 14.7 Å². The van der Waals surface area contributed by atoms with E-state index in [-0.39, 0.29) is 36.4 Å². The molecule has 0 aliphatic carbocycles. The minimum absolute atomic E-state index is 0.0588. The number of halogens is 1. The zero-order chi connectivity index (χ0) is 21.3. The Balaban J connectivity index is 1.37. The molecular weight excluding hydrogens is 400 g/mol. The first-order valence-corrected chi connectivity index (χ1v) is 10.8. The number of rotatable bonds is 6. The minimum atomic E-state index is -1.14. The smallest absolute Gasteiger partial charge is 0.227 e. The zero-order valence-electron chi connectivity index (χ0n) is 17.1. The topological polar surface area (TPSA) is 69.6 Å². The predicted octanol–water partition coefficient (Wildman–Crippen LogP) is 3.29. The number of carbonyl (C=O) groups excluding carboxylic acids is 2. The lowest BCUT2D eigenvalue weighted by Crippen LogP contribution is -2.45. The van der Waals surface area contributed by atoms with Crippen molar-refractivity contribution in [2.75, 3.05) is 6.54 Å². The van der Waals surface area contributed by atoms with Crippen molar-refractivity contribution in [3.8, 4) is 0 Å². The molecule has 2 heterocycles. The lowest BCUT2D eigenvalue weighted by atomic mass is 9.88. The molecule has 2 amide bonds. The zero-order valence-corrected chi connectivity index (χ0v) is 17.8. The van der Waals surface area contributed by atoms with Gasteiger partial charge in [-0.1, -0.05) is 54.1 Å². The third-order valence-electron chi connectivity index (χ3n) is 6.43. The van der Waals surface area contributed by atoms with Crippen LogP contribution in [-0.4, -0.2) is 40.4 Å². The Morgan fingerprint density at radius 2 is 1.83 bits per heavy atom. The van der Waals surface area contributed by atoms with E-state index in [4.69, 9.17) is 11.6 Å². The fraction of sp³-hybridized carbons (Fsp3) is 0.417. The molecule has 4 rings (SSSR count). The largest absolute Gasteiger partial charge is 0.384 e. The highest BCUT2D eigenvalue weighted by Crippen LogP contribution is 2.42. The fourth-order valence-corrected chi connectivity index (χ4v) is 4.94. The van der Waals surface area contributed by atoms with Gasteiger partial charge in [-0.05, 0) is 49.4 Å². The lowest BCUT2D eigenvalue weighted by molar-refractivity contribution is -0.132. The van der Waals surface area contributed by atoms with E-state index in [0.29, 0.717) is 17.9 Å². The first-order chi connectivity index (χ1) is 14.3. The maximum atomic E-state index is 13.0. The Bertz CT molecular complexity index is 914. The summed E-state index contributed by atoms with van der Waals surface area (Å²) < 4.78 is 0. The maximum absolute atomic E-state index is 13.0. The Morgan fingerprint density at radius 1 is 1.13 bits per heavy atom. The SMILES string of the molecule is C[C@](O)(CNC(=O)C1C[C@@H]2CC[C@@H]1N2C(=O)Cc1ccc(Cl)cc1)c1ccccc1. The molecule has 2 aromatic carbocycles. The average molecular weight is 427 g/mol. The summed E-state index contributed by atoms with van der Waals surface area (Å²) in [4.78, 5) is 27.8. The summed E-state index contributed by atoms with van der Waals surface area (Å²) in [6.07, 6.45) is 2.81. The van der Waals surface area contributed by atoms with Gasteiger partial charge >= 0.3 is 0 Å². The Labute approximate surface area is 182 Å². The molecule has 2 N–H and O–H groups in total. The molecule has 2 fully saturated rings. The van der Waals surface area contributed by atoms with Crippen LogP contribution in [-0.2, 0) is 21.6 Å². The van der Waals surface area contributed by atoms with Gasteiger partial charge in [-0.3, -0.25) is 9.59 Å². The van der Waals surface area contributed by atoms with Crippen molar-refractivity contribution in [1.29, 1.82) is 0 Å². The Kier molecular flexibility index (Phi) is 5.85. The number of amides is 2. The van der Waals surface area contributed by atoms with Crippen molar-refractivity contribution in [2.24, 2.45) is 5.92 Å². The van der Waals surface area contributed by atoms with E-state index in [0.717, 1.165) is 24.0 Å². The van der Waals surface area contributed by atoms with E-state index >= 15 is 0 Å². The number of benzene rings is 2. The van der Waals surface area contributed by atoms with Gasteiger partial charge in [-0.2, -0.15) is 0 Å². The van der Waals surface area contributed by atoms with Crippen LogP contribution in [0, 0.1) is 5.92 Å². The summed E-state index contributed by atoms with van der Waals surface area (Å²) >= 11 is 5.93. The van der Waals surface area contributed by atoms with Gasteiger partial charge in [0.1, 0.15) is 5.60 Å². The fourth-order valence-electron chi connectivity index (χ4n) is 4.82. The highest BCUT2D eigenvalue weighted by atomic mass is 35.5. The third-order valence-corrected chi connectivity index (χ3v) is 6.68. The number of hydrogen-bond acceptors (Lipinski definition) is 3. The van der Waals surface area contributed by atoms with Gasteiger partial charge in [0.25, 0.3) is 0 Å². The van der Waals surface area contributed by atoms with Crippen molar-refractivity contribution in [3.05, 3.63) is 70.7 Å². The third kappa shape index (κ3) is 4.23. The van der Waals surface area contributed by atoms with Gasteiger partial charge in [-0.25, -0.2) is 0 Å². The maximum Gasteiger partial charge on any atom is 0.227 e. The molecule has 30 heavy (non-hydrogen) atoms. The van der Waals surface area contributed by atoms with Gasteiger partial charge in [0, 0.05) is 17.1 Å². The summed E-state index contributed by atoms with van der Waals surface area (Å²) in [5.74, 6) is -0.233. The van der Waals surface area contributed by atoms with Crippen LogP contribution in [0.5, 0.6) is 0 Å². The normalized spacial score (nSPS) is 24.5. The summed E-state index contributed by atoms with van der Waals surface area (Å²) in [5.41, 5.74) is 0.548. The first kappa shape index (κ1) is 20.9. The quantitative estimate of drug-likeness (QED) is 0.744. The van der Waals surface area contributed by atoms with Gasteiger partial charge < -0.3 is 15.3 Å². The predicted molar refractivity (Wildman–Crippen MR) is 116 cm³/mol. The average Bonchev–Trinajstić information content (AvgIpc) is 3.33. The molecule has 2 aromatic rings. The van der Waals surface area contributed by atoms with Crippen molar-refractivity contribution >= 4 is 23.4 Å². The number of fused-ring (bicyclic) bond motifs is 2. The van der Waals surface area contributed by atoms with E-state index < -0.39 is 5.60 Å². The number of nitrogens with one attached hydrogen (secondary N) is 1. The van der Waals surface area contributed by atoms with E-state index in [2.05, 4.69) is 5.32 Å². The van der Waals surface area contributed by atoms with Gasteiger partial charge in [0.2, 0.25) is 11.8 Å².